The fraction of sp³-hybridized carbons (Fsp3) is 0.261. The number of carbonyl (C=O) groups is 1. The average Bonchev–Trinajstić information content (AvgIpc) is 2.66. The molecule has 2 aromatic rings. The van der Waals surface area contributed by atoms with Gasteiger partial charge in [-0.2, -0.15) is 0 Å². The molecule has 0 unspecified atom stereocenters. The minimum absolute atomic E-state index is 0.170. The van der Waals surface area contributed by atoms with Crippen LogP contribution in [0.15, 0.2) is 59.7 Å². The van der Waals surface area contributed by atoms with Gasteiger partial charge in [0.15, 0.2) is 5.78 Å². The average molecular weight is 347 g/mol. The van der Waals surface area contributed by atoms with Crippen LogP contribution in [-0.2, 0) is 4.79 Å². The Kier molecular flexibility index (Phi) is 5.57. The number of hydrogen-bond acceptors (Lipinski definition) is 3. The molecule has 3 nitrogen and oxygen atoms in total. The lowest BCUT2D eigenvalue weighted by atomic mass is 9.87. The van der Waals surface area contributed by atoms with E-state index in [1.165, 1.54) is 0 Å². The van der Waals surface area contributed by atoms with Crippen molar-refractivity contribution in [2.24, 2.45) is 0 Å². The number of Topliss-reactive ketones (excluding diaryl/α,β-unsaturated/α-hetero) is 1. The summed E-state index contributed by atoms with van der Waals surface area (Å²) in [5, 5.41) is 0. The number of ether oxygens (including phenoxy) is 1. The topological polar surface area (TPSA) is 29.5 Å². The van der Waals surface area contributed by atoms with E-state index in [1.54, 1.807) is 7.11 Å². The molecule has 0 atom stereocenters. The Morgan fingerprint density at radius 1 is 0.846 bits per heavy atom. The van der Waals surface area contributed by atoms with Crippen molar-refractivity contribution in [3.63, 3.8) is 0 Å². The van der Waals surface area contributed by atoms with Crippen LogP contribution in [0.2, 0.25) is 0 Å². The summed E-state index contributed by atoms with van der Waals surface area (Å²) in [7, 11) is 5.70. The Balaban J connectivity index is 1.81. The number of ketones is 1. The fourth-order valence-corrected chi connectivity index (χ4v) is 3.15. The molecule has 3 rings (SSSR count). The Bertz CT molecular complexity index is 828. The maximum absolute atomic E-state index is 12.9. The van der Waals surface area contributed by atoms with Gasteiger partial charge in [0.2, 0.25) is 0 Å². The fourth-order valence-electron chi connectivity index (χ4n) is 3.15. The van der Waals surface area contributed by atoms with Crippen LogP contribution in [0.1, 0.15) is 30.4 Å². The molecule has 0 saturated heterocycles. The lowest BCUT2D eigenvalue weighted by Crippen LogP contribution is -2.12. The van der Waals surface area contributed by atoms with Crippen LogP contribution in [0, 0.1) is 0 Å². The molecule has 0 bridgehead atoms. The number of benzene rings is 2. The number of hydrogen-bond donors (Lipinski definition) is 0. The van der Waals surface area contributed by atoms with Crippen LogP contribution in [0.4, 0.5) is 5.69 Å². The standard InChI is InChI=1S/C23H25NO2/c1-24(2)21-11-7-17(8-12-21)15-19-5-4-6-20(23(19)25)16-18-9-13-22(26-3)14-10-18/h7-16H,4-6H2,1-3H3/b19-15?,20-16-. The van der Waals surface area contributed by atoms with Crippen molar-refractivity contribution in [1.82, 2.24) is 0 Å². The van der Waals surface area contributed by atoms with Gasteiger partial charge >= 0.3 is 0 Å². The first kappa shape index (κ1) is 18.0. The van der Waals surface area contributed by atoms with Gasteiger partial charge in [-0.15, -0.1) is 0 Å². The summed E-state index contributed by atoms with van der Waals surface area (Å²) in [4.78, 5) is 14.9. The van der Waals surface area contributed by atoms with Gasteiger partial charge < -0.3 is 9.64 Å². The Hall–Kier alpha value is -2.81. The summed E-state index contributed by atoms with van der Waals surface area (Å²) in [5.41, 5.74) is 5.05. The molecule has 2 aromatic carbocycles. The highest BCUT2D eigenvalue weighted by Crippen LogP contribution is 2.28. The molecule has 3 heteroatoms. The highest BCUT2D eigenvalue weighted by Gasteiger charge is 2.20. The highest BCUT2D eigenvalue weighted by atomic mass is 16.5. The van der Waals surface area contributed by atoms with Crippen molar-refractivity contribution < 1.29 is 9.53 Å². The number of rotatable bonds is 4. The van der Waals surface area contributed by atoms with E-state index in [9.17, 15) is 4.79 Å². The van der Waals surface area contributed by atoms with Gasteiger partial charge in [0.1, 0.15) is 5.75 Å². The molecule has 0 heterocycles. The number of methoxy groups -OCH3 is 1. The van der Waals surface area contributed by atoms with Gasteiger partial charge in [0.05, 0.1) is 7.11 Å². The summed E-state index contributed by atoms with van der Waals surface area (Å²) in [6.45, 7) is 0. The van der Waals surface area contributed by atoms with Gasteiger partial charge in [-0.05, 0) is 66.8 Å². The van der Waals surface area contributed by atoms with Gasteiger partial charge in [0, 0.05) is 30.9 Å². The maximum Gasteiger partial charge on any atom is 0.185 e. The second-order valence-corrected chi connectivity index (χ2v) is 6.78. The largest absolute Gasteiger partial charge is 0.497 e. The maximum atomic E-state index is 12.9. The summed E-state index contributed by atoms with van der Waals surface area (Å²) in [5.74, 6) is 0.993. The van der Waals surface area contributed by atoms with E-state index in [1.807, 2.05) is 50.5 Å². The number of carbonyl (C=O) groups excluding carboxylic acids is 1. The molecule has 1 fully saturated rings. The van der Waals surface area contributed by atoms with E-state index in [4.69, 9.17) is 4.74 Å². The Labute approximate surface area is 155 Å². The van der Waals surface area contributed by atoms with Crippen LogP contribution < -0.4 is 9.64 Å². The SMILES string of the molecule is COc1ccc(/C=C2/CCCC(=Cc3ccc(N(C)C)cc3)C2=O)cc1. The molecule has 0 N–H and O–H groups in total. The van der Waals surface area contributed by atoms with Crippen molar-refractivity contribution in [2.75, 3.05) is 26.1 Å². The van der Waals surface area contributed by atoms with Crippen molar-refractivity contribution in [3.05, 3.63) is 70.8 Å². The molecule has 1 aliphatic rings. The number of anilines is 1. The molecule has 0 amide bonds. The predicted octanol–water partition coefficient (Wildman–Crippen LogP) is 4.98. The van der Waals surface area contributed by atoms with Crippen LogP contribution >= 0.6 is 0 Å². The van der Waals surface area contributed by atoms with E-state index in [0.717, 1.165) is 53.0 Å². The van der Waals surface area contributed by atoms with E-state index < -0.39 is 0 Å². The number of nitrogens with zero attached hydrogens (tertiary/aromatic N) is 1. The molecule has 0 aliphatic heterocycles. The first-order valence-electron chi connectivity index (χ1n) is 8.94. The Morgan fingerprint density at radius 3 is 1.81 bits per heavy atom. The molecular weight excluding hydrogens is 322 g/mol. The van der Waals surface area contributed by atoms with Crippen molar-refractivity contribution in [2.45, 2.75) is 19.3 Å². The molecule has 0 aromatic heterocycles. The van der Waals surface area contributed by atoms with Crippen molar-refractivity contribution >= 4 is 23.6 Å². The number of allylic oxidation sites excluding steroid dienone is 2. The van der Waals surface area contributed by atoms with Crippen molar-refractivity contribution in [3.8, 4) is 5.75 Å². The predicted molar refractivity (Wildman–Crippen MR) is 109 cm³/mol. The first-order valence-corrected chi connectivity index (χ1v) is 8.94. The van der Waals surface area contributed by atoms with Crippen LogP contribution in [0.25, 0.3) is 12.2 Å². The zero-order valence-electron chi connectivity index (χ0n) is 15.7. The van der Waals surface area contributed by atoms with Crippen molar-refractivity contribution in [1.29, 1.82) is 0 Å². The van der Waals surface area contributed by atoms with E-state index in [0.29, 0.717) is 0 Å². The zero-order valence-corrected chi connectivity index (χ0v) is 15.7. The van der Waals surface area contributed by atoms with E-state index in [2.05, 4.69) is 29.2 Å². The molecule has 1 aliphatic carbocycles. The quantitative estimate of drug-likeness (QED) is 0.731. The van der Waals surface area contributed by atoms with Gasteiger partial charge in [0.25, 0.3) is 0 Å². The molecular formula is C23H25NO2. The lowest BCUT2D eigenvalue weighted by Gasteiger charge is -2.17. The molecule has 134 valence electrons. The second-order valence-electron chi connectivity index (χ2n) is 6.78. The first-order chi connectivity index (χ1) is 12.6. The summed E-state index contributed by atoms with van der Waals surface area (Å²) < 4.78 is 5.19. The summed E-state index contributed by atoms with van der Waals surface area (Å²) >= 11 is 0. The summed E-state index contributed by atoms with van der Waals surface area (Å²) in [6, 6.07) is 16.1. The molecule has 0 radical (unpaired) electrons. The molecule has 0 spiro atoms. The van der Waals surface area contributed by atoms with E-state index in [-0.39, 0.29) is 5.78 Å². The third-order valence-electron chi connectivity index (χ3n) is 4.68. The van der Waals surface area contributed by atoms with Gasteiger partial charge in [-0.25, -0.2) is 0 Å². The smallest absolute Gasteiger partial charge is 0.185 e. The molecule has 26 heavy (non-hydrogen) atoms. The lowest BCUT2D eigenvalue weighted by molar-refractivity contribution is -0.112. The second kappa shape index (κ2) is 8.05. The zero-order chi connectivity index (χ0) is 18.5. The van der Waals surface area contributed by atoms with Crippen LogP contribution in [-0.4, -0.2) is 27.0 Å². The third-order valence-corrected chi connectivity index (χ3v) is 4.68. The van der Waals surface area contributed by atoms with Gasteiger partial charge in [-0.3, -0.25) is 4.79 Å². The van der Waals surface area contributed by atoms with Crippen LogP contribution in [0.5, 0.6) is 5.75 Å². The van der Waals surface area contributed by atoms with E-state index >= 15 is 0 Å². The summed E-state index contributed by atoms with van der Waals surface area (Å²) in [6.07, 6.45) is 6.72. The Morgan fingerprint density at radius 2 is 1.35 bits per heavy atom. The highest BCUT2D eigenvalue weighted by molar-refractivity contribution is 6.13. The van der Waals surface area contributed by atoms with Crippen LogP contribution in [0.3, 0.4) is 0 Å². The van der Waals surface area contributed by atoms with Gasteiger partial charge in [-0.1, -0.05) is 24.3 Å². The monoisotopic (exact) mass is 347 g/mol. The molecule has 1 saturated carbocycles. The minimum Gasteiger partial charge on any atom is -0.497 e. The third kappa shape index (κ3) is 4.23. The normalized spacial score (nSPS) is 17.6. The minimum atomic E-state index is 0.170.